The van der Waals surface area contributed by atoms with Crippen molar-refractivity contribution in [1.29, 1.82) is 0 Å². The number of allylic oxidation sites excluding steroid dienone is 2. The van der Waals surface area contributed by atoms with Gasteiger partial charge in [-0.05, 0) is 30.2 Å². The van der Waals surface area contributed by atoms with Gasteiger partial charge in [0.2, 0.25) is 5.91 Å². The van der Waals surface area contributed by atoms with Gasteiger partial charge < -0.3 is 19.7 Å². The van der Waals surface area contributed by atoms with Crippen molar-refractivity contribution in [3.8, 4) is 0 Å². The summed E-state index contributed by atoms with van der Waals surface area (Å²) in [6.45, 7) is 0. The van der Waals surface area contributed by atoms with Crippen molar-refractivity contribution in [3.63, 3.8) is 0 Å². The third kappa shape index (κ3) is 3.11. The molecule has 0 unspecified atom stereocenters. The summed E-state index contributed by atoms with van der Waals surface area (Å²) in [4.78, 5) is 38.1. The Hall–Kier alpha value is -3.35. The lowest BCUT2D eigenvalue weighted by atomic mass is 10.0. The maximum Gasteiger partial charge on any atom is 0.355 e. The fourth-order valence-electron chi connectivity index (χ4n) is 2.94. The van der Waals surface area contributed by atoms with Gasteiger partial charge in [0.1, 0.15) is 5.70 Å². The van der Waals surface area contributed by atoms with Gasteiger partial charge in [-0.2, -0.15) is 0 Å². The fourth-order valence-corrected chi connectivity index (χ4v) is 2.94. The van der Waals surface area contributed by atoms with E-state index in [2.05, 4.69) is 5.32 Å². The molecule has 0 radical (unpaired) electrons. The zero-order valence-electron chi connectivity index (χ0n) is 14.4. The number of rotatable bonds is 3. The van der Waals surface area contributed by atoms with E-state index in [1.54, 1.807) is 24.4 Å². The molecule has 0 aromatic heterocycles. The average molecular weight is 354 g/mol. The average Bonchev–Trinajstić information content (AvgIpc) is 2.89. The van der Waals surface area contributed by atoms with Crippen LogP contribution in [0.15, 0.2) is 53.9 Å². The number of nitrogens with one attached hydrogen (secondary N) is 1. The Labute approximate surface area is 150 Å². The van der Waals surface area contributed by atoms with Crippen LogP contribution in [0.1, 0.15) is 12.0 Å². The number of anilines is 2. The lowest BCUT2D eigenvalue weighted by Gasteiger charge is -2.28. The van der Waals surface area contributed by atoms with Gasteiger partial charge in [0.25, 0.3) is 0 Å². The summed E-state index contributed by atoms with van der Waals surface area (Å²) in [6.07, 6.45) is 7.44. The van der Waals surface area contributed by atoms with Gasteiger partial charge in [-0.1, -0.05) is 18.2 Å². The van der Waals surface area contributed by atoms with Crippen LogP contribution in [-0.4, -0.2) is 32.1 Å². The number of carbonyl (C=O) groups excluding carboxylic acids is 3. The van der Waals surface area contributed by atoms with E-state index in [4.69, 9.17) is 9.47 Å². The number of nitrogens with zero attached hydrogens (tertiary/aromatic N) is 1. The molecule has 7 heteroatoms. The Bertz CT molecular complexity index is 867. The predicted octanol–water partition coefficient (Wildman–Crippen LogP) is 2.06. The fraction of sp³-hybridized carbons (Fsp3) is 0.211. The molecular formula is C19H18N2O5. The summed E-state index contributed by atoms with van der Waals surface area (Å²) >= 11 is 0. The van der Waals surface area contributed by atoms with Gasteiger partial charge in [-0.3, -0.25) is 4.79 Å². The molecule has 0 saturated heterocycles. The van der Waals surface area contributed by atoms with Crippen molar-refractivity contribution >= 4 is 29.2 Å². The minimum absolute atomic E-state index is 0.0116. The number of amides is 1. The first kappa shape index (κ1) is 17.5. The molecule has 0 aliphatic carbocycles. The smallest absolute Gasteiger partial charge is 0.355 e. The second-order valence-corrected chi connectivity index (χ2v) is 5.68. The molecule has 2 heterocycles. The molecule has 0 bridgehead atoms. The van der Waals surface area contributed by atoms with E-state index in [1.165, 1.54) is 25.2 Å². The number of esters is 2. The molecule has 7 nitrogen and oxygen atoms in total. The molecule has 0 fully saturated rings. The number of benzene rings is 1. The van der Waals surface area contributed by atoms with Gasteiger partial charge in [0.15, 0.2) is 0 Å². The number of carbonyl (C=O) groups is 3. The van der Waals surface area contributed by atoms with Crippen molar-refractivity contribution in [2.24, 2.45) is 0 Å². The van der Waals surface area contributed by atoms with Crippen LogP contribution in [-0.2, 0) is 30.3 Å². The third-order valence-electron chi connectivity index (χ3n) is 4.16. The summed E-state index contributed by atoms with van der Waals surface area (Å²) in [6, 6.07) is 5.52. The molecule has 2 aliphatic heterocycles. The molecule has 1 aromatic carbocycles. The van der Waals surface area contributed by atoms with E-state index in [-0.39, 0.29) is 17.2 Å². The van der Waals surface area contributed by atoms with Crippen molar-refractivity contribution in [3.05, 3.63) is 59.5 Å². The summed E-state index contributed by atoms with van der Waals surface area (Å²) in [5.41, 5.74) is 2.21. The van der Waals surface area contributed by atoms with Crippen LogP contribution in [0.5, 0.6) is 0 Å². The largest absolute Gasteiger partial charge is 0.465 e. The first-order chi connectivity index (χ1) is 12.6. The molecule has 1 amide bonds. The topological polar surface area (TPSA) is 84.9 Å². The molecule has 0 saturated carbocycles. The van der Waals surface area contributed by atoms with Crippen LogP contribution in [0.25, 0.3) is 0 Å². The number of ether oxygens (including phenoxy) is 2. The minimum atomic E-state index is -0.693. The molecule has 0 atom stereocenters. The van der Waals surface area contributed by atoms with Gasteiger partial charge in [0.05, 0.1) is 31.2 Å². The zero-order chi connectivity index (χ0) is 18.7. The molecule has 2 aliphatic rings. The van der Waals surface area contributed by atoms with Crippen LogP contribution < -0.4 is 10.2 Å². The third-order valence-corrected chi connectivity index (χ3v) is 4.16. The molecule has 26 heavy (non-hydrogen) atoms. The number of aryl methyl sites for hydroxylation is 1. The van der Waals surface area contributed by atoms with Crippen LogP contribution in [0, 0.1) is 0 Å². The Morgan fingerprint density at radius 2 is 1.85 bits per heavy atom. The Balaban J connectivity index is 2.21. The second-order valence-electron chi connectivity index (χ2n) is 5.68. The summed E-state index contributed by atoms with van der Waals surface area (Å²) in [7, 11) is 2.48. The maximum absolute atomic E-state index is 12.5. The highest BCUT2D eigenvalue weighted by molar-refractivity contribution is 6.07. The molecule has 1 aromatic rings. The molecule has 134 valence electrons. The lowest BCUT2D eigenvalue weighted by molar-refractivity contribution is -0.139. The summed E-state index contributed by atoms with van der Waals surface area (Å²) in [5, 5.41) is 2.86. The SMILES string of the molecule is COC(=O)C1=C(C(=O)OC)N(c2cccc3c2NC(=O)CC3)C=CC=C1. The van der Waals surface area contributed by atoms with Gasteiger partial charge in [-0.25, -0.2) is 9.59 Å². The molecule has 3 rings (SSSR count). The standard InChI is InChI=1S/C19H18N2O5/c1-25-18(23)13-7-3-4-11-21(17(13)19(24)26-2)14-8-5-6-12-9-10-15(22)20-16(12)14/h3-8,11H,9-10H2,1-2H3,(H,20,22). The molecule has 1 N–H and O–H groups in total. The van der Waals surface area contributed by atoms with Crippen LogP contribution >= 0.6 is 0 Å². The molecular weight excluding hydrogens is 336 g/mol. The molecule has 0 spiro atoms. The van der Waals surface area contributed by atoms with Crippen LogP contribution in [0.2, 0.25) is 0 Å². The van der Waals surface area contributed by atoms with Gasteiger partial charge >= 0.3 is 11.9 Å². The minimum Gasteiger partial charge on any atom is -0.465 e. The first-order valence-corrected chi connectivity index (χ1v) is 8.03. The zero-order valence-corrected chi connectivity index (χ0v) is 14.4. The van der Waals surface area contributed by atoms with Crippen molar-refractivity contribution in [1.82, 2.24) is 0 Å². The highest BCUT2D eigenvalue weighted by atomic mass is 16.5. The van der Waals surface area contributed by atoms with Crippen molar-refractivity contribution in [2.75, 3.05) is 24.4 Å². The summed E-state index contributed by atoms with van der Waals surface area (Å²) in [5.74, 6) is -1.45. The van der Waals surface area contributed by atoms with E-state index in [0.29, 0.717) is 24.2 Å². The maximum atomic E-state index is 12.5. The number of hydrogen-bond donors (Lipinski definition) is 1. The highest BCUT2D eigenvalue weighted by Gasteiger charge is 2.30. The number of methoxy groups -OCH3 is 2. The van der Waals surface area contributed by atoms with Crippen LogP contribution in [0.4, 0.5) is 11.4 Å². The predicted molar refractivity (Wildman–Crippen MR) is 95.2 cm³/mol. The Morgan fingerprint density at radius 3 is 2.58 bits per heavy atom. The number of para-hydroxylation sites is 1. The van der Waals surface area contributed by atoms with Gasteiger partial charge in [-0.15, -0.1) is 0 Å². The van der Waals surface area contributed by atoms with E-state index in [1.807, 2.05) is 12.1 Å². The summed E-state index contributed by atoms with van der Waals surface area (Å²) < 4.78 is 9.69. The van der Waals surface area contributed by atoms with E-state index in [9.17, 15) is 14.4 Å². The monoisotopic (exact) mass is 354 g/mol. The normalized spacial score (nSPS) is 15.9. The highest BCUT2D eigenvalue weighted by Crippen LogP contribution is 2.37. The van der Waals surface area contributed by atoms with Crippen LogP contribution in [0.3, 0.4) is 0 Å². The van der Waals surface area contributed by atoms with E-state index < -0.39 is 11.9 Å². The quantitative estimate of drug-likeness (QED) is 0.837. The number of fused-ring (bicyclic) bond motifs is 1. The second kappa shape index (κ2) is 7.26. The number of hydrogen-bond acceptors (Lipinski definition) is 6. The lowest BCUT2D eigenvalue weighted by Crippen LogP contribution is -2.29. The van der Waals surface area contributed by atoms with E-state index >= 15 is 0 Å². The van der Waals surface area contributed by atoms with Crippen molar-refractivity contribution in [2.45, 2.75) is 12.8 Å². The van der Waals surface area contributed by atoms with E-state index in [0.717, 1.165) is 5.56 Å². The Morgan fingerprint density at radius 1 is 1.08 bits per heavy atom. The first-order valence-electron chi connectivity index (χ1n) is 8.03. The van der Waals surface area contributed by atoms with Crippen molar-refractivity contribution < 1.29 is 23.9 Å². The van der Waals surface area contributed by atoms with Gasteiger partial charge in [0, 0.05) is 12.6 Å². The Kier molecular flexibility index (Phi) is 4.88.